The molecular weight excluding hydrogens is 436 g/mol. The van der Waals surface area contributed by atoms with Crippen molar-refractivity contribution in [2.75, 3.05) is 0 Å². The summed E-state index contributed by atoms with van der Waals surface area (Å²) in [4.78, 5) is 37.5. The molecule has 1 heterocycles. The van der Waals surface area contributed by atoms with Crippen LogP contribution in [0.5, 0.6) is 11.5 Å². The molecule has 2 N–H and O–H groups in total. The highest BCUT2D eigenvalue weighted by atomic mass is 16.6. The van der Waals surface area contributed by atoms with Gasteiger partial charge in [-0.05, 0) is 65.8 Å². The lowest BCUT2D eigenvalue weighted by atomic mass is 10.1. The molecule has 2 aromatic carbocycles. The van der Waals surface area contributed by atoms with Gasteiger partial charge in [-0.25, -0.2) is 14.6 Å². The fourth-order valence-electron chi connectivity index (χ4n) is 2.60. The maximum Gasteiger partial charge on any atom is 0.340 e. The van der Waals surface area contributed by atoms with Gasteiger partial charge in [0.15, 0.2) is 11.4 Å². The molecule has 2 aromatic rings. The molecule has 0 aliphatic carbocycles. The predicted molar refractivity (Wildman–Crippen MR) is 131 cm³/mol. The summed E-state index contributed by atoms with van der Waals surface area (Å²) in [6.45, 7) is 13.6. The number of rotatable bonds is 3. The van der Waals surface area contributed by atoms with E-state index in [4.69, 9.17) is 9.84 Å². The lowest BCUT2D eigenvalue weighted by Gasteiger charge is -2.23. The van der Waals surface area contributed by atoms with Crippen molar-refractivity contribution in [1.29, 1.82) is 0 Å². The second-order valence-electron chi connectivity index (χ2n) is 8.92. The molecule has 0 aromatic heterocycles. The Hall–Kier alpha value is -3.68. The first-order valence-corrected chi connectivity index (χ1v) is 10.7. The zero-order valence-corrected chi connectivity index (χ0v) is 21.1. The number of aliphatic imine (C=N–C) groups is 1. The van der Waals surface area contributed by atoms with Crippen LogP contribution in [0.2, 0.25) is 0 Å². The van der Waals surface area contributed by atoms with E-state index in [0.717, 1.165) is 5.56 Å². The van der Waals surface area contributed by atoms with Crippen molar-refractivity contribution in [2.24, 2.45) is 4.99 Å². The number of ether oxygens (including phenoxy) is 2. The average molecular weight is 471 g/mol. The molecule has 0 unspecified atom stereocenters. The Labute approximate surface area is 201 Å². The number of hydrogen-bond acceptors (Lipinski definition) is 7. The number of aromatic hydroxyl groups is 1. The Kier molecular flexibility index (Phi) is 9.98. The molecule has 0 fully saturated rings. The summed E-state index contributed by atoms with van der Waals surface area (Å²) >= 11 is 0. The van der Waals surface area contributed by atoms with Crippen molar-refractivity contribution >= 4 is 23.7 Å². The van der Waals surface area contributed by atoms with Crippen LogP contribution in [0.4, 0.5) is 0 Å². The Balaban J connectivity index is 0.000000284. The van der Waals surface area contributed by atoms with Crippen LogP contribution in [-0.2, 0) is 19.1 Å². The first-order chi connectivity index (χ1) is 15.6. The van der Waals surface area contributed by atoms with Gasteiger partial charge in [-0.3, -0.25) is 4.79 Å². The molecule has 1 aliphatic rings. The molecule has 3 rings (SSSR count). The largest absolute Gasteiger partial charge is 0.508 e. The molecule has 8 nitrogen and oxygen atoms in total. The molecule has 1 aliphatic heterocycles. The Morgan fingerprint density at radius 2 is 1.44 bits per heavy atom. The summed E-state index contributed by atoms with van der Waals surface area (Å²) in [6.07, 6.45) is 0. The second-order valence-corrected chi connectivity index (χ2v) is 8.92. The third kappa shape index (κ3) is 9.85. The van der Waals surface area contributed by atoms with Gasteiger partial charge in [0.2, 0.25) is 5.91 Å². The van der Waals surface area contributed by atoms with E-state index in [1.54, 1.807) is 58.9 Å². The molecule has 0 saturated carbocycles. The molecule has 0 bridgehead atoms. The highest BCUT2D eigenvalue weighted by Gasteiger charge is 2.35. The Bertz CT molecular complexity index is 1000. The molecule has 184 valence electrons. The number of aryl methyl sites for hydroxylation is 2. The van der Waals surface area contributed by atoms with E-state index in [-0.39, 0.29) is 11.9 Å². The maximum absolute atomic E-state index is 11.8. The normalized spacial score (nSPS) is 13.8. The monoisotopic (exact) mass is 470 g/mol. The zero-order chi connectivity index (χ0) is 26.1. The molecule has 0 saturated heterocycles. The number of phenols is 1. The fourth-order valence-corrected chi connectivity index (χ4v) is 2.60. The van der Waals surface area contributed by atoms with Crippen LogP contribution in [-0.4, -0.2) is 39.9 Å². The van der Waals surface area contributed by atoms with Crippen LogP contribution in [0.25, 0.3) is 0 Å². The quantitative estimate of drug-likeness (QED) is 0.512. The summed E-state index contributed by atoms with van der Waals surface area (Å²) in [6, 6.07) is 14.2. The Morgan fingerprint density at radius 1 is 0.971 bits per heavy atom. The number of carbonyl (C=O) groups is 3. The SMILES string of the molecule is CC(=O)NC(C)(C)C(=O)Oc1ccc(C)cc1.CC1=NC(C)(C)C(=O)O1.Cc1ccc(O)cc1. The first kappa shape index (κ1) is 28.4. The van der Waals surface area contributed by atoms with Crippen molar-refractivity contribution < 1.29 is 29.0 Å². The number of amides is 1. The minimum absolute atomic E-state index is 0.264. The van der Waals surface area contributed by atoms with Crippen molar-refractivity contribution in [3.63, 3.8) is 0 Å². The Morgan fingerprint density at radius 3 is 1.76 bits per heavy atom. The standard InChI is InChI=1S/C13H17NO3.C7H8O.C6H9NO2/c1-9-5-7-11(8-6-9)17-12(16)13(3,4)14-10(2)15;1-6-2-4-7(8)5-3-6;1-4-7-6(2,3)5(8)9-4/h5-8H,1-4H3,(H,14,15);2-5,8H,1H3;1-3H3. The summed E-state index contributed by atoms with van der Waals surface area (Å²) in [7, 11) is 0. The van der Waals surface area contributed by atoms with E-state index < -0.39 is 17.0 Å². The van der Waals surface area contributed by atoms with Crippen LogP contribution < -0.4 is 10.1 Å². The number of carbonyl (C=O) groups excluding carboxylic acids is 3. The van der Waals surface area contributed by atoms with Crippen LogP contribution in [0.15, 0.2) is 53.5 Å². The smallest absolute Gasteiger partial charge is 0.340 e. The lowest BCUT2D eigenvalue weighted by Crippen LogP contribution is -2.50. The van der Waals surface area contributed by atoms with Crippen molar-refractivity contribution in [2.45, 2.75) is 66.5 Å². The van der Waals surface area contributed by atoms with Crippen LogP contribution in [0.3, 0.4) is 0 Å². The van der Waals surface area contributed by atoms with Gasteiger partial charge >= 0.3 is 11.9 Å². The molecule has 34 heavy (non-hydrogen) atoms. The highest BCUT2D eigenvalue weighted by molar-refractivity contribution is 5.98. The van der Waals surface area contributed by atoms with Crippen molar-refractivity contribution in [3.8, 4) is 11.5 Å². The molecule has 1 amide bonds. The number of nitrogens with zero attached hydrogens (tertiary/aromatic N) is 1. The number of hydrogen-bond donors (Lipinski definition) is 2. The topological polar surface area (TPSA) is 114 Å². The summed E-state index contributed by atoms with van der Waals surface area (Å²) in [5.74, 6) is 0.243. The van der Waals surface area contributed by atoms with Gasteiger partial charge in [0, 0.05) is 13.8 Å². The van der Waals surface area contributed by atoms with Gasteiger partial charge < -0.3 is 19.9 Å². The molecular formula is C26H34N2O6. The van der Waals surface area contributed by atoms with Crippen molar-refractivity contribution in [1.82, 2.24) is 5.32 Å². The van der Waals surface area contributed by atoms with Gasteiger partial charge in [-0.15, -0.1) is 0 Å². The van der Waals surface area contributed by atoms with Gasteiger partial charge in [0.25, 0.3) is 0 Å². The number of benzene rings is 2. The van der Waals surface area contributed by atoms with E-state index in [0.29, 0.717) is 17.4 Å². The van der Waals surface area contributed by atoms with Gasteiger partial charge in [-0.2, -0.15) is 0 Å². The van der Waals surface area contributed by atoms with Crippen LogP contribution in [0, 0.1) is 13.8 Å². The van der Waals surface area contributed by atoms with Crippen molar-refractivity contribution in [3.05, 3.63) is 59.7 Å². The number of esters is 2. The fraction of sp³-hybridized carbons (Fsp3) is 0.385. The molecule has 0 spiro atoms. The number of phenolic OH excluding ortho intramolecular Hbond substituents is 1. The second kappa shape index (κ2) is 12.0. The van der Waals surface area contributed by atoms with E-state index in [1.165, 1.54) is 12.5 Å². The van der Waals surface area contributed by atoms with E-state index in [2.05, 4.69) is 15.0 Å². The number of nitrogens with one attached hydrogen (secondary N) is 1. The summed E-state index contributed by atoms with van der Waals surface area (Å²) < 4.78 is 9.87. The summed E-state index contributed by atoms with van der Waals surface area (Å²) in [5, 5.41) is 11.3. The first-order valence-electron chi connectivity index (χ1n) is 10.7. The van der Waals surface area contributed by atoms with Gasteiger partial charge in [0.05, 0.1) is 0 Å². The lowest BCUT2D eigenvalue weighted by molar-refractivity contribution is -0.143. The highest BCUT2D eigenvalue weighted by Crippen LogP contribution is 2.18. The molecule has 0 atom stereocenters. The van der Waals surface area contributed by atoms with E-state index in [1.807, 2.05) is 38.1 Å². The van der Waals surface area contributed by atoms with E-state index >= 15 is 0 Å². The van der Waals surface area contributed by atoms with E-state index in [9.17, 15) is 14.4 Å². The predicted octanol–water partition coefficient (Wildman–Crippen LogP) is 4.26. The van der Waals surface area contributed by atoms with Gasteiger partial charge in [-0.1, -0.05) is 35.4 Å². The molecule has 8 heteroatoms. The zero-order valence-electron chi connectivity index (χ0n) is 21.1. The minimum atomic E-state index is -1.03. The molecule has 0 radical (unpaired) electrons. The third-order valence-corrected chi connectivity index (χ3v) is 4.44. The van der Waals surface area contributed by atoms with Crippen LogP contribution >= 0.6 is 0 Å². The maximum atomic E-state index is 11.8. The van der Waals surface area contributed by atoms with Gasteiger partial charge in [0.1, 0.15) is 17.0 Å². The minimum Gasteiger partial charge on any atom is -0.508 e. The van der Waals surface area contributed by atoms with Crippen LogP contribution in [0.1, 0.15) is 52.7 Å². The summed E-state index contributed by atoms with van der Waals surface area (Å²) in [5.41, 5.74) is 0.578. The average Bonchev–Trinajstić information content (AvgIpc) is 2.95. The third-order valence-electron chi connectivity index (χ3n) is 4.44. The number of cyclic esters (lactones) is 1.